The molecule has 1 N–H and O–H groups in total. The van der Waals surface area contributed by atoms with E-state index in [0.717, 1.165) is 13.1 Å². The van der Waals surface area contributed by atoms with Gasteiger partial charge in [-0.15, -0.1) is 11.3 Å². The number of hydrogen-bond donors (Lipinski definition) is 1. The van der Waals surface area contributed by atoms with Gasteiger partial charge < -0.3 is 9.15 Å². The van der Waals surface area contributed by atoms with E-state index >= 15 is 0 Å². The molecule has 0 bridgehead atoms. The van der Waals surface area contributed by atoms with Gasteiger partial charge in [0.05, 0.1) is 25.5 Å². The highest BCUT2D eigenvalue weighted by Crippen LogP contribution is 2.28. The molecule has 168 valence electrons. The van der Waals surface area contributed by atoms with Gasteiger partial charge in [0.2, 0.25) is 11.7 Å². The summed E-state index contributed by atoms with van der Waals surface area (Å²) >= 11 is 1.29. The van der Waals surface area contributed by atoms with Crippen LogP contribution in [0.3, 0.4) is 0 Å². The molecule has 0 atom stereocenters. The Balaban J connectivity index is 1.41. The van der Waals surface area contributed by atoms with Crippen LogP contribution in [0.5, 0.6) is 0 Å². The van der Waals surface area contributed by atoms with Crippen LogP contribution < -0.4 is 5.32 Å². The molecule has 33 heavy (non-hydrogen) atoms. The molecule has 4 heterocycles. The quantitative estimate of drug-likeness (QED) is 0.459. The maximum absolute atomic E-state index is 13.5. The number of halogens is 1. The van der Waals surface area contributed by atoms with Crippen molar-refractivity contribution in [3.05, 3.63) is 71.5 Å². The highest BCUT2D eigenvalue weighted by molar-refractivity contribution is 7.14. The fourth-order valence-corrected chi connectivity index (χ4v) is 4.16. The van der Waals surface area contributed by atoms with E-state index in [1.165, 1.54) is 23.5 Å². The zero-order valence-electron chi connectivity index (χ0n) is 17.5. The number of morpholine rings is 1. The number of carbonyl (C=O) groups excluding carboxylic acids is 1. The van der Waals surface area contributed by atoms with E-state index in [1.807, 2.05) is 23.6 Å². The third-order valence-electron chi connectivity index (χ3n) is 5.11. The molecular formula is C23H20FN5O3S. The van der Waals surface area contributed by atoms with E-state index in [-0.39, 0.29) is 11.6 Å². The number of rotatable bonds is 6. The summed E-state index contributed by atoms with van der Waals surface area (Å²) in [7, 11) is 0. The SMILES string of the molecule is O=C(Nc1nc(-c2ccccn2)cs1)c1oc(CN2CCOCC2)nc1-c1ccc(F)cc1. The predicted octanol–water partition coefficient (Wildman–Crippen LogP) is 4.08. The van der Waals surface area contributed by atoms with Crippen molar-refractivity contribution in [2.45, 2.75) is 6.54 Å². The zero-order chi connectivity index (χ0) is 22.6. The summed E-state index contributed by atoms with van der Waals surface area (Å²) in [6, 6.07) is 11.4. The van der Waals surface area contributed by atoms with Gasteiger partial charge in [0.15, 0.2) is 5.13 Å². The van der Waals surface area contributed by atoms with E-state index in [9.17, 15) is 9.18 Å². The molecule has 1 aromatic carbocycles. The smallest absolute Gasteiger partial charge is 0.295 e. The Morgan fingerprint density at radius 3 is 2.67 bits per heavy atom. The zero-order valence-corrected chi connectivity index (χ0v) is 18.3. The Morgan fingerprint density at radius 2 is 1.91 bits per heavy atom. The minimum atomic E-state index is -0.475. The summed E-state index contributed by atoms with van der Waals surface area (Å²) in [5, 5.41) is 5.02. The van der Waals surface area contributed by atoms with Gasteiger partial charge in [0, 0.05) is 30.2 Å². The Hall–Kier alpha value is -3.47. The first-order valence-corrected chi connectivity index (χ1v) is 11.3. The van der Waals surface area contributed by atoms with Crippen LogP contribution in [0.15, 0.2) is 58.5 Å². The first-order chi connectivity index (χ1) is 16.2. The number of aromatic nitrogens is 3. The number of amides is 1. The average molecular weight is 466 g/mol. The normalized spacial score (nSPS) is 14.3. The molecule has 3 aromatic heterocycles. The van der Waals surface area contributed by atoms with Gasteiger partial charge in [0.1, 0.15) is 17.2 Å². The molecule has 5 rings (SSSR count). The van der Waals surface area contributed by atoms with E-state index < -0.39 is 5.91 Å². The first-order valence-electron chi connectivity index (χ1n) is 10.4. The van der Waals surface area contributed by atoms with Gasteiger partial charge >= 0.3 is 0 Å². The summed E-state index contributed by atoms with van der Waals surface area (Å²) in [5.41, 5.74) is 2.33. The van der Waals surface area contributed by atoms with Gasteiger partial charge in [-0.3, -0.25) is 20.0 Å². The molecule has 0 saturated carbocycles. The van der Waals surface area contributed by atoms with Crippen molar-refractivity contribution in [2.24, 2.45) is 0 Å². The molecular weight excluding hydrogens is 445 g/mol. The summed E-state index contributed by atoms with van der Waals surface area (Å²) in [4.78, 5) is 28.6. The fraction of sp³-hybridized carbons (Fsp3) is 0.217. The maximum Gasteiger partial charge on any atom is 0.295 e. The van der Waals surface area contributed by atoms with Crippen LogP contribution in [0.25, 0.3) is 22.6 Å². The second-order valence-electron chi connectivity index (χ2n) is 7.39. The van der Waals surface area contributed by atoms with Crippen LogP contribution in [-0.4, -0.2) is 52.1 Å². The van der Waals surface area contributed by atoms with Crippen LogP contribution in [0, 0.1) is 5.82 Å². The minimum absolute atomic E-state index is 0.0550. The molecule has 0 radical (unpaired) electrons. The maximum atomic E-state index is 13.5. The van der Waals surface area contributed by atoms with Gasteiger partial charge in [-0.05, 0) is 36.4 Å². The number of nitrogens with zero attached hydrogens (tertiary/aromatic N) is 4. The Bertz CT molecular complexity index is 1240. The molecule has 8 nitrogen and oxygen atoms in total. The number of ether oxygens (including phenoxy) is 1. The Kier molecular flexibility index (Phi) is 6.20. The number of nitrogens with one attached hydrogen (secondary N) is 1. The lowest BCUT2D eigenvalue weighted by Crippen LogP contribution is -2.35. The van der Waals surface area contributed by atoms with Crippen molar-refractivity contribution in [1.29, 1.82) is 0 Å². The highest BCUT2D eigenvalue weighted by atomic mass is 32.1. The van der Waals surface area contributed by atoms with Crippen LogP contribution in [0.2, 0.25) is 0 Å². The molecule has 1 saturated heterocycles. The molecule has 0 unspecified atom stereocenters. The number of benzene rings is 1. The first kappa shape index (κ1) is 21.4. The largest absolute Gasteiger partial charge is 0.433 e. The van der Waals surface area contributed by atoms with Crippen LogP contribution in [0.4, 0.5) is 9.52 Å². The lowest BCUT2D eigenvalue weighted by Gasteiger charge is -2.24. The third-order valence-corrected chi connectivity index (χ3v) is 5.87. The molecule has 10 heteroatoms. The molecule has 0 aliphatic carbocycles. The second-order valence-corrected chi connectivity index (χ2v) is 8.25. The lowest BCUT2D eigenvalue weighted by atomic mass is 10.1. The molecule has 1 aliphatic rings. The van der Waals surface area contributed by atoms with Crippen LogP contribution in [-0.2, 0) is 11.3 Å². The molecule has 1 amide bonds. The number of pyridine rings is 1. The molecule has 4 aromatic rings. The monoisotopic (exact) mass is 465 g/mol. The average Bonchev–Trinajstić information content (AvgIpc) is 3.48. The standard InChI is InChI=1S/C23H20FN5O3S/c24-16-6-4-15(5-7-16)20-21(32-19(27-20)13-29-9-11-31-12-10-29)22(30)28-23-26-18(14-33-23)17-3-1-2-8-25-17/h1-8,14H,9-13H2,(H,26,28,30). The van der Waals surface area contributed by atoms with Gasteiger partial charge in [-0.1, -0.05) is 6.07 Å². The number of hydrogen-bond acceptors (Lipinski definition) is 8. The summed E-state index contributed by atoms with van der Waals surface area (Å²) < 4.78 is 24.7. The van der Waals surface area contributed by atoms with Crippen molar-refractivity contribution < 1.29 is 18.3 Å². The van der Waals surface area contributed by atoms with Crippen molar-refractivity contribution in [1.82, 2.24) is 19.9 Å². The fourth-order valence-electron chi connectivity index (χ4n) is 3.46. The minimum Gasteiger partial charge on any atom is -0.433 e. The van der Waals surface area contributed by atoms with Gasteiger partial charge in [-0.2, -0.15) is 0 Å². The number of carbonyl (C=O) groups is 1. The lowest BCUT2D eigenvalue weighted by molar-refractivity contribution is 0.0304. The molecule has 0 spiro atoms. The van der Waals surface area contributed by atoms with E-state index in [1.54, 1.807) is 18.3 Å². The molecule has 1 aliphatic heterocycles. The Labute approximate surface area is 193 Å². The topological polar surface area (TPSA) is 93.4 Å². The summed E-state index contributed by atoms with van der Waals surface area (Å²) in [6.45, 7) is 3.24. The van der Waals surface area contributed by atoms with Crippen LogP contribution >= 0.6 is 11.3 Å². The van der Waals surface area contributed by atoms with Crippen LogP contribution in [0.1, 0.15) is 16.4 Å². The molecule has 1 fully saturated rings. The third kappa shape index (κ3) is 4.98. The Morgan fingerprint density at radius 1 is 1.09 bits per heavy atom. The van der Waals surface area contributed by atoms with Crippen molar-refractivity contribution in [2.75, 3.05) is 31.6 Å². The summed E-state index contributed by atoms with van der Waals surface area (Å²) in [6.07, 6.45) is 1.69. The number of oxazole rings is 1. The number of anilines is 1. The van der Waals surface area contributed by atoms with Crippen molar-refractivity contribution >= 4 is 22.4 Å². The number of thiazole rings is 1. The highest BCUT2D eigenvalue weighted by Gasteiger charge is 2.24. The van der Waals surface area contributed by atoms with E-state index in [0.29, 0.717) is 53.4 Å². The van der Waals surface area contributed by atoms with Gasteiger partial charge in [-0.25, -0.2) is 14.4 Å². The van der Waals surface area contributed by atoms with E-state index in [4.69, 9.17) is 9.15 Å². The van der Waals surface area contributed by atoms with Crippen molar-refractivity contribution in [3.63, 3.8) is 0 Å². The van der Waals surface area contributed by atoms with Gasteiger partial charge in [0.25, 0.3) is 5.91 Å². The summed E-state index contributed by atoms with van der Waals surface area (Å²) in [5.74, 6) is -0.377. The van der Waals surface area contributed by atoms with E-state index in [2.05, 4.69) is 25.2 Å². The second kappa shape index (κ2) is 9.57. The predicted molar refractivity (Wildman–Crippen MR) is 121 cm³/mol. The van der Waals surface area contributed by atoms with Crippen molar-refractivity contribution in [3.8, 4) is 22.6 Å².